The Kier molecular flexibility index (Phi) is 3.64. The van der Waals surface area contributed by atoms with Crippen LogP contribution in [0, 0.1) is 18.3 Å². The maximum absolute atomic E-state index is 14.0. The molecule has 0 aliphatic carbocycles. The van der Waals surface area contributed by atoms with Gasteiger partial charge in [0.2, 0.25) is 0 Å². The van der Waals surface area contributed by atoms with E-state index in [2.05, 4.69) is 11.4 Å². The molecule has 1 N–H and O–H groups in total. The number of anilines is 1. The molecule has 0 radical (unpaired) electrons. The number of ether oxygens (including phenoxy) is 2. The number of nitrogens with zero attached hydrogens (tertiary/aromatic N) is 1. The summed E-state index contributed by atoms with van der Waals surface area (Å²) in [6.07, 6.45) is -3.81. The van der Waals surface area contributed by atoms with Gasteiger partial charge < -0.3 is 14.8 Å². The Labute approximate surface area is 164 Å². The molecule has 2 aliphatic heterocycles. The second-order valence-electron chi connectivity index (χ2n) is 8.09. The standard InChI is InChI=1S/C20H18F2N2O3S/c1-9-11(8-28-13(9)7-23)10-6-12-14(16-15(10)26-20(21,22)27-16)24-19(4,5)17(25)18(12,2)3/h6,8,24H,1-5H3. The van der Waals surface area contributed by atoms with Crippen LogP contribution in [0.3, 0.4) is 0 Å². The molecular formula is C20H18F2N2O3S. The van der Waals surface area contributed by atoms with Gasteiger partial charge in [0.1, 0.15) is 10.9 Å². The molecule has 5 nitrogen and oxygen atoms in total. The van der Waals surface area contributed by atoms with Crippen molar-refractivity contribution in [3.8, 4) is 28.7 Å². The first kappa shape index (κ1) is 18.7. The predicted molar refractivity (Wildman–Crippen MR) is 101 cm³/mol. The molecule has 2 aliphatic rings. The van der Waals surface area contributed by atoms with Gasteiger partial charge in [-0.25, -0.2) is 0 Å². The van der Waals surface area contributed by atoms with Crippen LogP contribution in [0.4, 0.5) is 14.5 Å². The third-order valence-electron chi connectivity index (χ3n) is 5.35. The molecule has 0 bridgehead atoms. The van der Waals surface area contributed by atoms with Gasteiger partial charge in [-0.2, -0.15) is 5.26 Å². The summed E-state index contributed by atoms with van der Waals surface area (Å²) in [7, 11) is 0. The van der Waals surface area contributed by atoms with Crippen molar-refractivity contribution in [2.24, 2.45) is 0 Å². The van der Waals surface area contributed by atoms with Crippen molar-refractivity contribution in [3.05, 3.63) is 27.5 Å². The van der Waals surface area contributed by atoms with Crippen LogP contribution < -0.4 is 14.8 Å². The Morgan fingerprint density at radius 1 is 1.14 bits per heavy atom. The van der Waals surface area contributed by atoms with E-state index < -0.39 is 17.2 Å². The zero-order chi connectivity index (χ0) is 20.6. The number of thiophene rings is 1. The number of nitrogens with one attached hydrogen (secondary N) is 1. The van der Waals surface area contributed by atoms with E-state index in [1.54, 1.807) is 46.1 Å². The highest BCUT2D eigenvalue weighted by molar-refractivity contribution is 7.11. The number of hydrogen-bond donors (Lipinski definition) is 1. The number of nitriles is 1. The van der Waals surface area contributed by atoms with Crippen LogP contribution in [0.15, 0.2) is 11.4 Å². The van der Waals surface area contributed by atoms with Gasteiger partial charge in [-0.3, -0.25) is 4.79 Å². The molecule has 4 rings (SSSR count). The van der Waals surface area contributed by atoms with Gasteiger partial charge in [0.25, 0.3) is 0 Å². The number of rotatable bonds is 1. The van der Waals surface area contributed by atoms with Gasteiger partial charge in [0.05, 0.1) is 16.6 Å². The molecule has 0 atom stereocenters. The highest BCUT2D eigenvalue weighted by atomic mass is 32.1. The maximum atomic E-state index is 14.0. The van der Waals surface area contributed by atoms with Crippen LogP contribution in [-0.4, -0.2) is 17.6 Å². The van der Waals surface area contributed by atoms with Gasteiger partial charge in [0, 0.05) is 16.5 Å². The lowest BCUT2D eigenvalue weighted by Crippen LogP contribution is -2.53. The van der Waals surface area contributed by atoms with E-state index in [1.807, 2.05) is 0 Å². The molecule has 0 amide bonds. The lowest BCUT2D eigenvalue weighted by molar-refractivity contribution is -0.286. The first-order valence-electron chi connectivity index (χ1n) is 8.68. The molecular weight excluding hydrogens is 386 g/mol. The zero-order valence-electron chi connectivity index (χ0n) is 16.0. The van der Waals surface area contributed by atoms with Crippen molar-refractivity contribution < 1.29 is 23.0 Å². The van der Waals surface area contributed by atoms with Gasteiger partial charge in [-0.15, -0.1) is 20.1 Å². The number of alkyl halides is 2. The topological polar surface area (TPSA) is 71.3 Å². The van der Waals surface area contributed by atoms with Crippen LogP contribution in [0.1, 0.15) is 43.7 Å². The second kappa shape index (κ2) is 5.45. The summed E-state index contributed by atoms with van der Waals surface area (Å²) in [4.78, 5) is 13.5. The Hall–Kier alpha value is -2.66. The van der Waals surface area contributed by atoms with Gasteiger partial charge in [-0.1, -0.05) is 0 Å². The summed E-state index contributed by atoms with van der Waals surface area (Å²) in [6.45, 7) is 8.69. The van der Waals surface area contributed by atoms with E-state index in [9.17, 15) is 18.8 Å². The monoisotopic (exact) mass is 404 g/mol. The van der Waals surface area contributed by atoms with Gasteiger partial charge in [0.15, 0.2) is 17.3 Å². The largest absolute Gasteiger partial charge is 0.586 e. The summed E-state index contributed by atoms with van der Waals surface area (Å²) in [5.74, 6) is -0.276. The van der Waals surface area contributed by atoms with Crippen LogP contribution >= 0.6 is 11.3 Å². The second-order valence-corrected chi connectivity index (χ2v) is 8.97. The minimum atomic E-state index is -3.81. The van der Waals surface area contributed by atoms with E-state index in [0.717, 1.165) is 0 Å². The van der Waals surface area contributed by atoms with E-state index in [0.29, 0.717) is 32.8 Å². The Balaban J connectivity index is 2.06. The van der Waals surface area contributed by atoms with Crippen LogP contribution in [0.5, 0.6) is 11.5 Å². The number of carbonyl (C=O) groups excluding carboxylic acids is 1. The molecule has 2 aromatic rings. The van der Waals surface area contributed by atoms with E-state index in [-0.39, 0.29) is 17.3 Å². The van der Waals surface area contributed by atoms with Crippen LogP contribution in [-0.2, 0) is 10.2 Å². The Morgan fingerprint density at radius 3 is 2.39 bits per heavy atom. The Morgan fingerprint density at radius 2 is 1.79 bits per heavy atom. The van der Waals surface area contributed by atoms with Crippen molar-refractivity contribution in [2.75, 3.05) is 5.32 Å². The lowest BCUT2D eigenvalue weighted by atomic mass is 9.69. The highest BCUT2D eigenvalue weighted by Gasteiger charge is 2.52. The molecule has 28 heavy (non-hydrogen) atoms. The quantitative estimate of drug-likeness (QED) is 0.727. The maximum Gasteiger partial charge on any atom is 0.586 e. The Bertz CT molecular complexity index is 1080. The average Bonchev–Trinajstić information content (AvgIpc) is 3.11. The molecule has 0 saturated heterocycles. The van der Waals surface area contributed by atoms with Crippen molar-refractivity contribution >= 4 is 22.8 Å². The third kappa shape index (κ3) is 2.42. The minimum Gasteiger partial charge on any atom is -0.395 e. The normalized spacial score (nSPS) is 20.3. The number of benzene rings is 1. The van der Waals surface area contributed by atoms with E-state index in [1.165, 1.54) is 11.3 Å². The first-order chi connectivity index (χ1) is 12.9. The lowest BCUT2D eigenvalue weighted by Gasteiger charge is -2.42. The van der Waals surface area contributed by atoms with Crippen molar-refractivity contribution in [2.45, 2.75) is 51.9 Å². The number of ketones is 1. The number of carbonyl (C=O) groups is 1. The molecule has 0 saturated carbocycles. The average molecular weight is 404 g/mol. The molecule has 3 heterocycles. The highest BCUT2D eigenvalue weighted by Crippen LogP contribution is 2.57. The summed E-state index contributed by atoms with van der Waals surface area (Å²) in [5.41, 5.74) is 0.645. The van der Waals surface area contributed by atoms with Crippen molar-refractivity contribution in [1.29, 1.82) is 5.26 Å². The molecule has 8 heteroatoms. The smallest absolute Gasteiger partial charge is 0.395 e. The van der Waals surface area contributed by atoms with Crippen molar-refractivity contribution in [3.63, 3.8) is 0 Å². The predicted octanol–water partition coefficient (Wildman–Crippen LogP) is 4.97. The number of hydrogen-bond acceptors (Lipinski definition) is 6. The summed E-state index contributed by atoms with van der Waals surface area (Å²) in [6, 6.07) is 3.79. The number of halogens is 2. The van der Waals surface area contributed by atoms with Crippen molar-refractivity contribution in [1.82, 2.24) is 0 Å². The minimum absolute atomic E-state index is 0.0659. The fourth-order valence-corrected chi connectivity index (χ4v) is 4.86. The van der Waals surface area contributed by atoms with Gasteiger partial charge in [-0.05, 0) is 51.8 Å². The fraction of sp³-hybridized carbons (Fsp3) is 0.400. The summed E-state index contributed by atoms with van der Waals surface area (Å²) < 4.78 is 37.8. The van der Waals surface area contributed by atoms with Crippen LogP contribution in [0.2, 0.25) is 0 Å². The molecule has 1 aromatic carbocycles. The first-order valence-corrected chi connectivity index (χ1v) is 9.56. The van der Waals surface area contributed by atoms with Crippen LogP contribution in [0.25, 0.3) is 11.1 Å². The number of Topliss-reactive ketones (excluding diaryl/α,β-unsaturated/α-hetero) is 1. The third-order valence-corrected chi connectivity index (χ3v) is 6.34. The summed E-state index contributed by atoms with van der Waals surface area (Å²) >= 11 is 1.23. The van der Waals surface area contributed by atoms with Gasteiger partial charge >= 0.3 is 6.29 Å². The SMILES string of the molecule is Cc1c(-c2cc3c(c4c2OC(F)(F)O4)NC(C)(C)C(=O)C3(C)C)csc1C#N. The summed E-state index contributed by atoms with van der Waals surface area (Å²) in [5, 5.41) is 14.0. The molecule has 0 spiro atoms. The molecule has 146 valence electrons. The molecule has 0 unspecified atom stereocenters. The van der Waals surface area contributed by atoms with E-state index in [4.69, 9.17) is 9.47 Å². The molecule has 1 aromatic heterocycles. The number of fused-ring (bicyclic) bond motifs is 3. The molecule has 0 fully saturated rings. The van der Waals surface area contributed by atoms with E-state index >= 15 is 0 Å². The zero-order valence-corrected chi connectivity index (χ0v) is 16.8. The fourth-order valence-electron chi connectivity index (χ4n) is 3.98.